The molecule has 0 aliphatic heterocycles. The maximum Gasteiger partial charge on any atom is 0.257 e. The van der Waals surface area contributed by atoms with Gasteiger partial charge in [0.15, 0.2) is 0 Å². The number of aromatic nitrogens is 3. The lowest BCUT2D eigenvalue weighted by Crippen LogP contribution is -2.18. The zero-order valence-corrected chi connectivity index (χ0v) is 13.5. The zero-order chi connectivity index (χ0) is 14.7. The van der Waals surface area contributed by atoms with Gasteiger partial charge in [-0.15, -0.1) is 32.9 Å². The molecule has 1 atom stereocenters. The maximum atomic E-state index is 5.65. The summed E-state index contributed by atoms with van der Waals surface area (Å²) in [6.45, 7) is 4.77. The maximum absolute atomic E-state index is 5.65. The van der Waals surface area contributed by atoms with Gasteiger partial charge in [0, 0.05) is 11.1 Å². The molecular formula is C14H16N4OS2. The second-order valence-corrected chi connectivity index (χ2v) is 6.69. The van der Waals surface area contributed by atoms with E-state index in [2.05, 4.69) is 34.3 Å². The molecule has 0 saturated carbocycles. The van der Waals surface area contributed by atoms with Crippen molar-refractivity contribution < 1.29 is 4.42 Å². The molecule has 21 heavy (non-hydrogen) atoms. The summed E-state index contributed by atoms with van der Waals surface area (Å²) in [5.74, 6) is 1.18. The zero-order valence-electron chi connectivity index (χ0n) is 11.9. The summed E-state index contributed by atoms with van der Waals surface area (Å²) in [7, 11) is 0. The molecule has 0 amide bonds. The largest absolute Gasteiger partial charge is 0.419 e. The van der Waals surface area contributed by atoms with Crippen molar-refractivity contribution in [2.75, 3.05) is 0 Å². The Morgan fingerprint density at radius 1 is 1.38 bits per heavy atom. The first-order valence-corrected chi connectivity index (χ1v) is 8.50. The van der Waals surface area contributed by atoms with Crippen LogP contribution in [0.15, 0.2) is 28.1 Å². The van der Waals surface area contributed by atoms with Crippen LogP contribution < -0.4 is 5.32 Å². The molecule has 0 aromatic carbocycles. The SMILES string of the molecule is CCc1cnc([C@@H](C)NCc2nnc(-c3cccs3)o2)s1. The molecule has 0 aliphatic rings. The summed E-state index contributed by atoms with van der Waals surface area (Å²) >= 11 is 3.33. The van der Waals surface area contributed by atoms with E-state index in [9.17, 15) is 0 Å². The molecule has 3 rings (SSSR count). The first-order valence-electron chi connectivity index (χ1n) is 6.80. The van der Waals surface area contributed by atoms with Crippen molar-refractivity contribution in [1.82, 2.24) is 20.5 Å². The minimum atomic E-state index is 0.174. The predicted octanol–water partition coefficient (Wildman–Crippen LogP) is 3.67. The van der Waals surface area contributed by atoms with E-state index in [0.717, 1.165) is 16.3 Å². The summed E-state index contributed by atoms with van der Waals surface area (Å²) in [5.41, 5.74) is 0. The molecule has 1 N–H and O–H groups in total. The van der Waals surface area contributed by atoms with E-state index in [1.807, 2.05) is 23.7 Å². The molecule has 0 aliphatic carbocycles. The Morgan fingerprint density at radius 2 is 2.29 bits per heavy atom. The first-order chi connectivity index (χ1) is 10.3. The van der Waals surface area contributed by atoms with Gasteiger partial charge >= 0.3 is 0 Å². The van der Waals surface area contributed by atoms with Crippen LogP contribution in [-0.4, -0.2) is 15.2 Å². The number of thiazole rings is 1. The third kappa shape index (κ3) is 3.37. The molecule has 0 spiro atoms. The number of hydrogen-bond acceptors (Lipinski definition) is 7. The van der Waals surface area contributed by atoms with Gasteiger partial charge in [-0.3, -0.25) is 5.32 Å². The Bertz CT molecular complexity index is 689. The van der Waals surface area contributed by atoms with Gasteiger partial charge in [-0.2, -0.15) is 0 Å². The Labute approximate surface area is 131 Å². The van der Waals surface area contributed by atoms with Gasteiger partial charge in [0.05, 0.1) is 17.5 Å². The van der Waals surface area contributed by atoms with Crippen molar-refractivity contribution in [3.05, 3.63) is 39.5 Å². The Kier molecular flexibility index (Phi) is 4.42. The monoisotopic (exact) mass is 320 g/mol. The van der Waals surface area contributed by atoms with Gasteiger partial charge in [-0.25, -0.2) is 4.98 Å². The van der Waals surface area contributed by atoms with E-state index in [0.29, 0.717) is 18.3 Å². The fourth-order valence-corrected chi connectivity index (χ4v) is 3.37. The summed E-state index contributed by atoms with van der Waals surface area (Å²) in [4.78, 5) is 6.73. The highest BCUT2D eigenvalue weighted by molar-refractivity contribution is 7.13. The fraction of sp³-hybridized carbons (Fsp3) is 0.357. The predicted molar refractivity (Wildman–Crippen MR) is 84.4 cm³/mol. The number of nitrogens with zero attached hydrogens (tertiary/aromatic N) is 3. The van der Waals surface area contributed by atoms with Crippen molar-refractivity contribution in [2.24, 2.45) is 0 Å². The number of aryl methyl sites for hydroxylation is 1. The van der Waals surface area contributed by atoms with Crippen LogP contribution in [0.25, 0.3) is 10.8 Å². The molecular weight excluding hydrogens is 304 g/mol. The van der Waals surface area contributed by atoms with Gasteiger partial charge in [0.1, 0.15) is 5.01 Å². The summed E-state index contributed by atoms with van der Waals surface area (Å²) < 4.78 is 5.65. The molecule has 3 heterocycles. The number of rotatable bonds is 6. The van der Waals surface area contributed by atoms with Gasteiger partial charge in [0.2, 0.25) is 5.89 Å². The molecule has 3 aromatic heterocycles. The van der Waals surface area contributed by atoms with E-state index in [1.165, 1.54) is 4.88 Å². The third-order valence-electron chi connectivity index (χ3n) is 3.05. The second-order valence-electron chi connectivity index (χ2n) is 4.60. The van der Waals surface area contributed by atoms with Crippen LogP contribution in [0.1, 0.15) is 35.7 Å². The topological polar surface area (TPSA) is 63.8 Å². The van der Waals surface area contributed by atoms with Crippen molar-refractivity contribution in [3.63, 3.8) is 0 Å². The first kappa shape index (κ1) is 14.4. The molecule has 0 unspecified atom stereocenters. The van der Waals surface area contributed by atoms with Crippen molar-refractivity contribution in [1.29, 1.82) is 0 Å². The quantitative estimate of drug-likeness (QED) is 0.751. The van der Waals surface area contributed by atoms with E-state index in [1.54, 1.807) is 22.7 Å². The molecule has 0 saturated heterocycles. The van der Waals surface area contributed by atoms with Crippen molar-refractivity contribution in [2.45, 2.75) is 32.9 Å². The standard InChI is InChI=1S/C14H16N4OS2/c1-3-10-7-16-14(21-10)9(2)15-8-12-17-18-13(19-12)11-5-4-6-20-11/h4-7,9,15H,3,8H2,1-2H3/t9-/m1/s1. The molecule has 110 valence electrons. The van der Waals surface area contributed by atoms with Gasteiger partial charge < -0.3 is 4.42 Å². The lowest BCUT2D eigenvalue weighted by Gasteiger charge is -2.08. The van der Waals surface area contributed by atoms with Crippen LogP contribution in [0, 0.1) is 0 Å². The van der Waals surface area contributed by atoms with Crippen LogP contribution >= 0.6 is 22.7 Å². The highest BCUT2D eigenvalue weighted by Gasteiger charge is 2.13. The van der Waals surface area contributed by atoms with E-state index < -0.39 is 0 Å². The molecule has 7 heteroatoms. The Morgan fingerprint density at radius 3 is 3.00 bits per heavy atom. The summed E-state index contributed by atoms with van der Waals surface area (Å²) in [5, 5.41) is 14.6. The van der Waals surface area contributed by atoms with Crippen LogP contribution in [0.3, 0.4) is 0 Å². The Balaban J connectivity index is 1.60. The van der Waals surface area contributed by atoms with Crippen molar-refractivity contribution in [3.8, 4) is 10.8 Å². The number of hydrogen-bond donors (Lipinski definition) is 1. The fourth-order valence-electron chi connectivity index (χ4n) is 1.84. The minimum Gasteiger partial charge on any atom is -0.419 e. The Hall–Kier alpha value is -1.57. The van der Waals surface area contributed by atoms with E-state index >= 15 is 0 Å². The van der Waals surface area contributed by atoms with Crippen LogP contribution in [0.2, 0.25) is 0 Å². The lowest BCUT2D eigenvalue weighted by molar-refractivity contribution is 0.454. The van der Waals surface area contributed by atoms with Gasteiger partial charge in [-0.05, 0) is 24.8 Å². The second kappa shape index (κ2) is 6.46. The molecule has 0 radical (unpaired) electrons. The highest BCUT2D eigenvalue weighted by Crippen LogP contribution is 2.24. The molecule has 0 fully saturated rings. The average molecular weight is 320 g/mol. The van der Waals surface area contributed by atoms with Crippen LogP contribution in [-0.2, 0) is 13.0 Å². The lowest BCUT2D eigenvalue weighted by atomic mass is 10.3. The van der Waals surface area contributed by atoms with Crippen molar-refractivity contribution >= 4 is 22.7 Å². The molecule has 5 nitrogen and oxygen atoms in total. The number of nitrogens with one attached hydrogen (secondary N) is 1. The summed E-state index contributed by atoms with van der Waals surface area (Å²) in [6, 6.07) is 4.12. The van der Waals surface area contributed by atoms with Gasteiger partial charge in [-0.1, -0.05) is 13.0 Å². The average Bonchev–Trinajstić information content (AvgIpc) is 3.24. The van der Waals surface area contributed by atoms with Crippen LogP contribution in [0.5, 0.6) is 0 Å². The van der Waals surface area contributed by atoms with E-state index in [4.69, 9.17) is 4.42 Å². The normalized spacial score (nSPS) is 12.7. The highest BCUT2D eigenvalue weighted by atomic mass is 32.1. The number of thiophene rings is 1. The van der Waals surface area contributed by atoms with E-state index in [-0.39, 0.29) is 6.04 Å². The minimum absolute atomic E-state index is 0.174. The van der Waals surface area contributed by atoms with Gasteiger partial charge in [0.25, 0.3) is 5.89 Å². The smallest absolute Gasteiger partial charge is 0.257 e. The van der Waals surface area contributed by atoms with Crippen LogP contribution in [0.4, 0.5) is 0 Å². The summed E-state index contributed by atoms with van der Waals surface area (Å²) in [6.07, 6.45) is 2.97. The molecule has 3 aromatic rings. The third-order valence-corrected chi connectivity index (χ3v) is 5.23. The molecule has 0 bridgehead atoms.